The summed E-state index contributed by atoms with van der Waals surface area (Å²) in [4.78, 5) is 0. The smallest absolute Gasteiger partial charge is 0.110 e. The van der Waals surface area contributed by atoms with Gasteiger partial charge in [0.1, 0.15) is 5.60 Å². The van der Waals surface area contributed by atoms with Crippen molar-refractivity contribution in [1.82, 2.24) is 15.1 Å². The first-order valence-corrected chi connectivity index (χ1v) is 5.93. The van der Waals surface area contributed by atoms with Crippen molar-refractivity contribution in [3.8, 4) is 0 Å². The van der Waals surface area contributed by atoms with Crippen LogP contribution in [0.4, 0.5) is 0 Å². The molecular formula is C11H18N4O. The van der Waals surface area contributed by atoms with E-state index in [1.54, 1.807) is 6.20 Å². The van der Waals surface area contributed by atoms with Crippen molar-refractivity contribution in [2.45, 2.75) is 36.9 Å². The van der Waals surface area contributed by atoms with E-state index >= 15 is 0 Å². The fourth-order valence-corrected chi connectivity index (χ4v) is 2.38. The number of nitrogens with one attached hydrogen (secondary N) is 1. The minimum atomic E-state index is -0.790. The summed E-state index contributed by atoms with van der Waals surface area (Å²) in [6, 6.07) is 2.09. The van der Waals surface area contributed by atoms with Crippen LogP contribution in [0.3, 0.4) is 0 Å². The second-order valence-corrected chi connectivity index (χ2v) is 4.97. The number of aliphatic hydroxyl groups is 1. The van der Waals surface area contributed by atoms with Crippen LogP contribution in [0.15, 0.2) is 12.3 Å². The number of nitrogens with two attached hydrogens (primary N) is 1. The lowest BCUT2D eigenvalue weighted by molar-refractivity contribution is -0.0361. The molecule has 0 aromatic carbocycles. The third-order valence-electron chi connectivity index (χ3n) is 3.88. The predicted molar refractivity (Wildman–Crippen MR) is 59.9 cm³/mol. The molecule has 4 N–H and O–H groups in total. The molecule has 2 aliphatic rings. The summed E-state index contributed by atoms with van der Waals surface area (Å²) >= 11 is 0. The maximum absolute atomic E-state index is 10.2. The van der Waals surface area contributed by atoms with Crippen LogP contribution in [0.5, 0.6) is 0 Å². The Hall–Kier alpha value is -0.910. The van der Waals surface area contributed by atoms with Crippen molar-refractivity contribution in [2.24, 2.45) is 5.73 Å². The molecule has 88 valence electrons. The van der Waals surface area contributed by atoms with E-state index < -0.39 is 5.60 Å². The van der Waals surface area contributed by atoms with E-state index in [-0.39, 0.29) is 6.04 Å². The van der Waals surface area contributed by atoms with Crippen molar-refractivity contribution >= 4 is 0 Å². The summed E-state index contributed by atoms with van der Waals surface area (Å²) in [7, 11) is 0. The van der Waals surface area contributed by atoms with E-state index in [4.69, 9.17) is 5.73 Å². The third-order valence-corrected chi connectivity index (χ3v) is 3.88. The second-order valence-electron chi connectivity index (χ2n) is 4.97. The van der Waals surface area contributed by atoms with Gasteiger partial charge in [-0.1, -0.05) is 0 Å². The molecule has 5 heteroatoms. The zero-order valence-electron chi connectivity index (χ0n) is 9.26. The van der Waals surface area contributed by atoms with Crippen LogP contribution in [-0.2, 0) is 0 Å². The topological polar surface area (TPSA) is 76.1 Å². The molecular weight excluding hydrogens is 204 g/mol. The molecule has 5 nitrogen and oxygen atoms in total. The lowest BCUT2D eigenvalue weighted by Crippen LogP contribution is -2.64. The van der Waals surface area contributed by atoms with E-state index in [9.17, 15) is 5.11 Å². The molecule has 1 atom stereocenters. The second kappa shape index (κ2) is 3.55. The van der Waals surface area contributed by atoms with Crippen LogP contribution >= 0.6 is 0 Å². The Balaban J connectivity index is 1.85. The summed E-state index contributed by atoms with van der Waals surface area (Å²) in [5.41, 5.74) is 6.32. The number of rotatable bonds is 3. The van der Waals surface area contributed by atoms with Gasteiger partial charge in [0.05, 0.1) is 17.8 Å². The van der Waals surface area contributed by atoms with Gasteiger partial charge in [-0.2, -0.15) is 5.10 Å². The van der Waals surface area contributed by atoms with Gasteiger partial charge in [-0.05, 0) is 25.3 Å². The first kappa shape index (κ1) is 10.3. The highest BCUT2D eigenvalue weighted by Crippen LogP contribution is 2.35. The van der Waals surface area contributed by atoms with Gasteiger partial charge in [-0.25, -0.2) is 0 Å². The highest BCUT2D eigenvalue weighted by molar-refractivity contribution is 5.17. The Morgan fingerprint density at radius 2 is 2.31 bits per heavy atom. The molecule has 0 radical (unpaired) electrons. The van der Waals surface area contributed by atoms with Crippen molar-refractivity contribution in [1.29, 1.82) is 0 Å². The van der Waals surface area contributed by atoms with Gasteiger partial charge in [0.2, 0.25) is 0 Å². The van der Waals surface area contributed by atoms with Gasteiger partial charge in [0, 0.05) is 19.3 Å². The molecule has 2 fully saturated rings. The molecule has 1 aliphatic heterocycles. The van der Waals surface area contributed by atoms with Crippen molar-refractivity contribution in [2.75, 3.05) is 13.1 Å². The zero-order valence-corrected chi connectivity index (χ0v) is 9.26. The van der Waals surface area contributed by atoms with E-state index in [2.05, 4.69) is 10.4 Å². The highest BCUT2D eigenvalue weighted by Gasteiger charge is 2.43. The number of aromatic nitrogens is 2. The molecule has 1 saturated carbocycles. The molecule has 1 aromatic rings. The minimum absolute atomic E-state index is 0.336. The van der Waals surface area contributed by atoms with Gasteiger partial charge in [-0.3, -0.25) is 4.68 Å². The molecule has 0 spiro atoms. The standard InChI is InChI=1S/C11H18N4O/c12-10(11(16)6-13-7-11)9-4-5-14-15(9)8-2-1-3-8/h4-5,8,10,13,16H,1-3,6-7,12H2. The third kappa shape index (κ3) is 1.39. The fraction of sp³-hybridized carbons (Fsp3) is 0.727. The van der Waals surface area contributed by atoms with Crippen LogP contribution in [0, 0.1) is 0 Å². The molecule has 0 amide bonds. The van der Waals surface area contributed by atoms with E-state index in [1.165, 1.54) is 19.3 Å². The average Bonchev–Trinajstić information content (AvgIpc) is 2.59. The maximum atomic E-state index is 10.2. The van der Waals surface area contributed by atoms with Crippen LogP contribution in [0.2, 0.25) is 0 Å². The van der Waals surface area contributed by atoms with Gasteiger partial charge in [-0.15, -0.1) is 0 Å². The Morgan fingerprint density at radius 1 is 1.56 bits per heavy atom. The Kier molecular flexibility index (Phi) is 2.27. The predicted octanol–water partition coefficient (Wildman–Crippen LogP) is -0.0578. The van der Waals surface area contributed by atoms with E-state index in [1.807, 2.05) is 10.7 Å². The number of hydrogen-bond acceptors (Lipinski definition) is 4. The lowest BCUT2D eigenvalue weighted by Gasteiger charge is -2.42. The van der Waals surface area contributed by atoms with Crippen LogP contribution < -0.4 is 11.1 Å². The van der Waals surface area contributed by atoms with Gasteiger partial charge in [0.25, 0.3) is 0 Å². The van der Waals surface area contributed by atoms with E-state index in [0.717, 1.165) is 5.69 Å². The monoisotopic (exact) mass is 222 g/mol. The minimum Gasteiger partial charge on any atom is -0.385 e. The molecule has 2 heterocycles. The van der Waals surface area contributed by atoms with Gasteiger partial charge < -0.3 is 16.2 Å². The lowest BCUT2D eigenvalue weighted by atomic mass is 9.86. The quantitative estimate of drug-likeness (QED) is 0.670. The number of β-amino-alcohol motifs (C(OH)–C–C–N with tert-alkyl or cyclic N) is 1. The molecule has 16 heavy (non-hydrogen) atoms. The molecule has 3 rings (SSSR count). The summed E-state index contributed by atoms with van der Waals surface area (Å²) in [6.45, 7) is 1.15. The fourth-order valence-electron chi connectivity index (χ4n) is 2.38. The van der Waals surface area contributed by atoms with Crippen molar-refractivity contribution in [3.05, 3.63) is 18.0 Å². The van der Waals surface area contributed by atoms with E-state index in [0.29, 0.717) is 19.1 Å². The summed E-state index contributed by atoms with van der Waals surface area (Å²) < 4.78 is 2.00. The summed E-state index contributed by atoms with van der Waals surface area (Å²) in [5.74, 6) is 0. The van der Waals surface area contributed by atoms with Gasteiger partial charge >= 0.3 is 0 Å². The zero-order chi connectivity index (χ0) is 11.2. The first-order valence-electron chi connectivity index (χ1n) is 5.93. The maximum Gasteiger partial charge on any atom is 0.110 e. The van der Waals surface area contributed by atoms with Gasteiger partial charge in [0.15, 0.2) is 0 Å². The summed E-state index contributed by atoms with van der Waals surface area (Å²) in [5, 5.41) is 17.6. The van der Waals surface area contributed by atoms with Crippen LogP contribution in [0.1, 0.15) is 37.0 Å². The summed E-state index contributed by atoms with van der Waals surface area (Å²) in [6.07, 6.45) is 5.41. The normalized spacial score (nSPS) is 25.9. The molecule has 1 aliphatic carbocycles. The Bertz CT molecular complexity index is 381. The largest absolute Gasteiger partial charge is 0.385 e. The van der Waals surface area contributed by atoms with Crippen molar-refractivity contribution < 1.29 is 5.11 Å². The van der Waals surface area contributed by atoms with Crippen molar-refractivity contribution in [3.63, 3.8) is 0 Å². The molecule has 1 unspecified atom stereocenters. The molecule has 1 aromatic heterocycles. The molecule has 1 saturated heterocycles. The molecule has 0 bridgehead atoms. The Labute approximate surface area is 94.6 Å². The average molecular weight is 222 g/mol. The Morgan fingerprint density at radius 3 is 2.81 bits per heavy atom. The number of hydrogen-bond donors (Lipinski definition) is 3. The highest BCUT2D eigenvalue weighted by atomic mass is 16.3. The number of nitrogens with zero attached hydrogens (tertiary/aromatic N) is 2. The first-order chi connectivity index (χ1) is 7.71. The van der Waals surface area contributed by atoms with Crippen LogP contribution in [0.25, 0.3) is 0 Å². The van der Waals surface area contributed by atoms with Crippen LogP contribution in [-0.4, -0.2) is 33.6 Å². The SMILES string of the molecule is NC(c1ccnn1C1CCC1)C1(O)CNC1.